The molecule has 3 nitrogen and oxygen atoms in total. The molecular formula is C22H34O3. The lowest BCUT2D eigenvalue weighted by Gasteiger charge is -2.56. The molecule has 0 radical (unpaired) electrons. The Hall–Kier alpha value is -0.670. The van der Waals surface area contributed by atoms with Gasteiger partial charge in [0.15, 0.2) is 5.79 Å². The van der Waals surface area contributed by atoms with Crippen LogP contribution in [0.2, 0.25) is 0 Å². The Morgan fingerprint density at radius 2 is 1.80 bits per heavy atom. The van der Waals surface area contributed by atoms with Gasteiger partial charge in [0, 0.05) is 38.9 Å². The lowest BCUT2D eigenvalue weighted by Crippen LogP contribution is -2.51. The van der Waals surface area contributed by atoms with Crippen molar-refractivity contribution < 1.29 is 14.3 Å². The lowest BCUT2D eigenvalue weighted by molar-refractivity contribution is -0.214. The lowest BCUT2D eigenvalue weighted by atomic mass is 9.49. The minimum absolute atomic E-state index is 0.0512. The van der Waals surface area contributed by atoms with Crippen molar-refractivity contribution in [3.05, 3.63) is 11.1 Å². The van der Waals surface area contributed by atoms with E-state index in [4.69, 9.17) is 9.47 Å². The van der Waals surface area contributed by atoms with Gasteiger partial charge in [0.25, 0.3) is 0 Å². The fraction of sp³-hybridized carbons (Fsp3) is 0.864. The second-order valence-corrected chi connectivity index (χ2v) is 9.58. The SMILES string of the molecule is COC1(OC)CCC2=C(CC(C)C3C2[C@@H](C)C[C@]2(C)C(=O)CCC32)C1. The predicted molar refractivity (Wildman–Crippen MR) is 98.0 cm³/mol. The van der Waals surface area contributed by atoms with Gasteiger partial charge in [-0.1, -0.05) is 31.9 Å². The summed E-state index contributed by atoms with van der Waals surface area (Å²) in [4.78, 5) is 12.7. The number of methoxy groups -OCH3 is 2. The van der Waals surface area contributed by atoms with Crippen molar-refractivity contribution in [3.63, 3.8) is 0 Å². The van der Waals surface area contributed by atoms with E-state index in [1.165, 1.54) is 6.42 Å². The zero-order valence-corrected chi connectivity index (χ0v) is 16.6. The van der Waals surface area contributed by atoms with E-state index in [0.29, 0.717) is 35.4 Å². The third-order valence-corrected chi connectivity index (χ3v) is 8.46. The highest BCUT2D eigenvalue weighted by Crippen LogP contribution is 2.63. The minimum atomic E-state index is -0.416. The van der Waals surface area contributed by atoms with Crippen LogP contribution in [0.1, 0.15) is 65.7 Å². The fourth-order valence-electron chi connectivity index (χ4n) is 7.32. The summed E-state index contributed by atoms with van der Waals surface area (Å²) < 4.78 is 11.5. The van der Waals surface area contributed by atoms with Crippen molar-refractivity contribution in [2.75, 3.05) is 14.2 Å². The molecule has 0 aromatic heterocycles. The van der Waals surface area contributed by atoms with Crippen molar-refractivity contribution in [3.8, 4) is 0 Å². The molecule has 2 saturated carbocycles. The van der Waals surface area contributed by atoms with E-state index < -0.39 is 5.79 Å². The maximum atomic E-state index is 12.7. The molecule has 0 bridgehead atoms. The molecule has 0 aromatic rings. The van der Waals surface area contributed by atoms with E-state index in [9.17, 15) is 4.79 Å². The van der Waals surface area contributed by atoms with Gasteiger partial charge in [-0.3, -0.25) is 4.79 Å². The number of hydrogen-bond donors (Lipinski definition) is 0. The van der Waals surface area contributed by atoms with Gasteiger partial charge in [-0.2, -0.15) is 0 Å². The highest BCUT2D eigenvalue weighted by molar-refractivity contribution is 5.87. The Bertz CT molecular complexity index is 602. The van der Waals surface area contributed by atoms with E-state index >= 15 is 0 Å². The third kappa shape index (κ3) is 2.41. The molecule has 0 N–H and O–H groups in total. The summed E-state index contributed by atoms with van der Waals surface area (Å²) in [5, 5.41) is 0. The Morgan fingerprint density at radius 3 is 2.48 bits per heavy atom. The van der Waals surface area contributed by atoms with Gasteiger partial charge in [0.05, 0.1) is 0 Å². The van der Waals surface area contributed by atoms with Crippen LogP contribution in [0.15, 0.2) is 11.1 Å². The quantitative estimate of drug-likeness (QED) is 0.534. The molecule has 0 saturated heterocycles. The highest BCUT2D eigenvalue weighted by atomic mass is 16.7. The first-order valence-corrected chi connectivity index (χ1v) is 10.2. The molecule has 0 amide bonds. The zero-order chi connectivity index (χ0) is 18.0. The van der Waals surface area contributed by atoms with E-state index in [0.717, 1.165) is 38.5 Å². The molecule has 4 unspecified atom stereocenters. The largest absolute Gasteiger partial charge is 0.353 e. The Kier molecular flexibility index (Phi) is 4.20. The van der Waals surface area contributed by atoms with Crippen molar-refractivity contribution in [2.24, 2.45) is 35.0 Å². The van der Waals surface area contributed by atoms with Gasteiger partial charge in [-0.05, 0) is 55.3 Å². The molecule has 140 valence electrons. The van der Waals surface area contributed by atoms with Crippen LogP contribution < -0.4 is 0 Å². The minimum Gasteiger partial charge on any atom is -0.353 e. The Morgan fingerprint density at radius 1 is 1.08 bits per heavy atom. The molecule has 4 aliphatic carbocycles. The fourth-order valence-corrected chi connectivity index (χ4v) is 7.32. The van der Waals surface area contributed by atoms with Crippen molar-refractivity contribution in [1.82, 2.24) is 0 Å². The average molecular weight is 347 g/mol. The Labute approximate surface area is 152 Å². The summed E-state index contributed by atoms with van der Waals surface area (Å²) >= 11 is 0. The molecule has 6 atom stereocenters. The van der Waals surface area contributed by atoms with Crippen LogP contribution in [0.5, 0.6) is 0 Å². The molecule has 2 fully saturated rings. The van der Waals surface area contributed by atoms with Gasteiger partial charge in [0.2, 0.25) is 0 Å². The third-order valence-electron chi connectivity index (χ3n) is 8.46. The molecule has 4 rings (SSSR count). The maximum Gasteiger partial charge on any atom is 0.171 e. The normalized spacial score (nSPS) is 45.8. The first-order chi connectivity index (χ1) is 11.8. The number of Topliss-reactive ketones (excluding diaryl/α,β-unsaturated/α-hetero) is 1. The van der Waals surface area contributed by atoms with Gasteiger partial charge in [-0.25, -0.2) is 0 Å². The monoisotopic (exact) mass is 346 g/mol. The topological polar surface area (TPSA) is 35.5 Å². The summed E-state index contributed by atoms with van der Waals surface area (Å²) in [6.45, 7) is 7.11. The number of ether oxygens (including phenoxy) is 2. The van der Waals surface area contributed by atoms with Gasteiger partial charge >= 0.3 is 0 Å². The van der Waals surface area contributed by atoms with Crippen LogP contribution in [-0.2, 0) is 14.3 Å². The molecule has 25 heavy (non-hydrogen) atoms. The number of ketones is 1. The van der Waals surface area contributed by atoms with Gasteiger partial charge in [0.1, 0.15) is 5.78 Å². The molecular weight excluding hydrogens is 312 g/mol. The molecule has 4 aliphatic rings. The summed E-state index contributed by atoms with van der Waals surface area (Å²) in [6, 6.07) is 0. The first kappa shape index (κ1) is 17.7. The second kappa shape index (κ2) is 5.92. The van der Waals surface area contributed by atoms with Gasteiger partial charge in [-0.15, -0.1) is 0 Å². The molecule has 3 heteroatoms. The van der Waals surface area contributed by atoms with E-state index in [1.807, 2.05) is 0 Å². The maximum absolute atomic E-state index is 12.7. The molecule has 0 spiro atoms. The summed E-state index contributed by atoms with van der Waals surface area (Å²) in [7, 11) is 3.56. The highest BCUT2D eigenvalue weighted by Gasteiger charge is 2.59. The van der Waals surface area contributed by atoms with Crippen LogP contribution in [0.25, 0.3) is 0 Å². The van der Waals surface area contributed by atoms with Gasteiger partial charge < -0.3 is 9.47 Å². The number of hydrogen-bond acceptors (Lipinski definition) is 3. The number of fused-ring (bicyclic) bond motifs is 4. The number of carbonyl (C=O) groups excluding carboxylic acids is 1. The standard InChI is InChI=1S/C22H34O3/c1-13-10-15-12-22(24-4,25-5)9-8-16(15)19-14(2)11-21(3)17(20(13)19)6-7-18(21)23/h13-14,17,19-20H,6-12H2,1-5H3/t13?,14-,17?,19?,20?,21-/m0/s1. The number of rotatable bonds is 2. The first-order valence-electron chi connectivity index (χ1n) is 10.2. The number of allylic oxidation sites excluding steroid dienone is 1. The van der Waals surface area contributed by atoms with Crippen LogP contribution in [0.4, 0.5) is 0 Å². The molecule has 0 aliphatic heterocycles. The van der Waals surface area contributed by atoms with Crippen LogP contribution in [0.3, 0.4) is 0 Å². The van der Waals surface area contributed by atoms with E-state index in [1.54, 1.807) is 25.4 Å². The smallest absolute Gasteiger partial charge is 0.171 e. The molecule has 0 aromatic carbocycles. The van der Waals surface area contributed by atoms with E-state index in [2.05, 4.69) is 20.8 Å². The van der Waals surface area contributed by atoms with Crippen molar-refractivity contribution >= 4 is 5.78 Å². The number of carbonyl (C=O) groups is 1. The summed E-state index contributed by atoms with van der Waals surface area (Å²) in [5.41, 5.74) is 3.26. The van der Waals surface area contributed by atoms with Crippen LogP contribution >= 0.6 is 0 Å². The average Bonchev–Trinajstić information content (AvgIpc) is 2.88. The van der Waals surface area contributed by atoms with E-state index in [-0.39, 0.29) is 5.41 Å². The van der Waals surface area contributed by atoms with Crippen molar-refractivity contribution in [1.29, 1.82) is 0 Å². The molecule has 0 heterocycles. The van der Waals surface area contributed by atoms with Crippen molar-refractivity contribution in [2.45, 2.75) is 71.5 Å². The summed E-state index contributed by atoms with van der Waals surface area (Å²) in [5.74, 6) is 3.36. The van der Waals surface area contributed by atoms with Crippen LogP contribution in [-0.4, -0.2) is 25.8 Å². The zero-order valence-electron chi connectivity index (χ0n) is 16.6. The predicted octanol–water partition coefficient (Wildman–Crippen LogP) is 4.75. The van der Waals surface area contributed by atoms with Crippen LogP contribution in [0, 0.1) is 35.0 Å². The summed E-state index contributed by atoms with van der Waals surface area (Å²) in [6.07, 6.45) is 7.18. The second-order valence-electron chi connectivity index (χ2n) is 9.58. The Balaban J connectivity index is 1.71.